The van der Waals surface area contributed by atoms with Crippen LogP contribution in [0.3, 0.4) is 0 Å². The van der Waals surface area contributed by atoms with E-state index in [1.54, 1.807) is 0 Å². The van der Waals surface area contributed by atoms with Crippen molar-refractivity contribution in [2.45, 2.75) is 19.9 Å². The number of alkyl carbamates (subject to hydrolysis) is 1. The van der Waals surface area contributed by atoms with Crippen LogP contribution in [-0.2, 0) is 4.74 Å². The first-order valence-corrected chi connectivity index (χ1v) is 6.26. The van der Waals surface area contributed by atoms with Crippen molar-refractivity contribution in [3.63, 3.8) is 0 Å². The van der Waals surface area contributed by atoms with Crippen molar-refractivity contribution in [1.29, 1.82) is 0 Å². The fourth-order valence-electron chi connectivity index (χ4n) is 1.88. The Morgan fingerprint density at radius 2 is 2.00 bits per heavy atom. The number of nitrogens with one attached hydrogen (secondary N) is 1. The fraction of sp³-hybridized carbons (Fsp3) is 0.417. The smallest absolute Gasteiger partial charge is 0.407 e. The van der Waals surface area contributed by atoms with Gasteiger partial charge in [-0.15, -0.1) is 0 Å². The van der Waals surface area contributed by atoms with E-state index in [1.807, 2.05) is 12.1 Å². The van der Waals surface area contributed by atoms with E-state index in [-0.39, 0.29) is 17.6 Å². The monoisotopic (exact) mass is 331 g/mol. The van der Waals surface area contributed by atoms with Crippen LogP contribution in [0.15, 0.2) is 24.3 Å². The van der Waals surface area contributed by atoms with Crippen molar-refractivity contribution in [2.75, 3.05) is 6.61 Å². The fourth-order valence-corrected chi connectivity index (χ4v) is 2.24. The Balaban J connectivity index is 2.30. The van der Waals surface area contributed by atoms with Gasteiger partial charge in [-0.25, -0.2) is 4.79 Å². The summed E-state index contributed by atoms with van der Waals surface area (Å²) in [6, 6.07) is 8.23. The molecule has 86 valence electrons. The molecule has 1 N–H and O–H groups in total. The van der Waals surface area contributed by atoms with Gasteiger partial charge >= 0.3 is 6.09 Å². The first kappa shape index (κ1) is 11.7. The van der Waals surface area contributed by atoms with E-state index < -0.39 is 0 Å². The highest BCUT2D eigenvalue weighted by Crippen LogP contribution is 2.36. The highest BCUT2D eigenvalue weighted by molar-refractivity contribution is 14.1. The molecule has 1 atom stereocenters. The van der Waals surface area contributed by atoms with E-state index in [9.17, 15) is 4.79 Å². The largest absolute Gasteiger partial charge is 0.449 e. The maximum Gasteiger partial charge on any atom is 0.407 e. The number of amides is 1. The Hall–Kier alpha value is -0.780. The summed E-state index contributed by atoms with van der Waals surface area (Å²) in [4.78, 5) is 11.3. The van der Waals surface area contributed by atoms with Crippen LogP contribution in [0.1, 0.15) is 25.5 Å². The molecule has 1 saturated heterocycles. The number of carbonyl (C=O) groups excluding carboxylic acids is 1. The molecule has 1 aromatic rings. The van der Waals surface area contributed by atoms with Gasteiger partial charge in [-0.1, -0.05) is 26.0 Å². The molecule has 1 amide bonds. The Labute approximate surface area is 109 Å². The third-order valence-corrected chi connectivity index (χ3v) is 3.54. The molecule has 16 heavy (non-hydrogen) atoms. The molecular weight excluding hydrogens is 317 g/mol. The quantitative estimate of drug-likeness (QED) is 0.803. The Morgan fingerprint density at radius 1 is 1.38 bits per heavy atom. The van der Waals surface area contributed by atoms with Crippen molar-refractivity contribution in [2.24, 2.45) is 5.41 Å². The van der Waals surface area contributed by atoms with E-state index in [2.05, 4.69) is 53.9 Å². The predicted molar refractivity (Wildman–Crippen MR) is 70.2 cm³/mol. The molecule has 1 fully saturated rings. The molecule has 1 aliphatic rings. The average Bonchev–Trinajstić information content (AvgIpc) is 2.23. The van der Waals surface area contributed by atoms with Gasteiger partial charge in [0.25, 0.3) is 0 Å². The standard InChI is InChI=1S/C12H14INO2/c1-12(2)7-16-11(15)14-10(12)8-3-5-9(13)6-4-8/h3-6,10H,7H2,1-2H3,(H,14,15)/t10-/m0/s1. The molecule has 0 saturated carbocycles. The van der Waals surface area contributed by atoms with Crippen LogP contribution in [0.25, 0.3) is 0 Å². The van der Waals surface area contributed by atoms with Gasteiger partial charge in [-0.2, -0.15) is 0 Å². The topological polar surface area (TPSA) is 38.3 Å². The minimum Gasteiger partial charge on any atom is -0.449 e. The highest BCUT2D eigenvalue weighted by atomic mass is 127. The van der Waals surface area contributed by atoms with Gasteiger partial charge in [0.15, 0.2) is 0 Å². The van der Waals surface area contributed by atoms with E-state index in [1.165, 1.54) is 3.57 Å². The zero-order chi connectivity index (χ0) is 11.8. The molecule has 0 aliphatic carbocycles. The number of hydrogen-bond donors (Lipinski definition) is 1. The maximum atomic E-state index is 11.3. The predicted octanol–water partition coefficient (Wildman–Crippen LogP) is 3.10. The molecule has 3 nitrogen and oxygen atoms in total. The lowest BCUT2D eigenvalue weighted by Crippen LogP contribution is -2.46. The molecule has 1 aliphatic heterocycles. The van der Waals surface area contributed by atoms with Crippen molar-refractivity contribution in [3.8, 4) is 0 Å². The van der Waals surface area contributed by atoms with Gasteiger partial charge in [-0.05, 0) is 40.3 Å². The molecule has 1 heterocycles. The van der Waals surface area contributed by atoms with Gasteiger partial charge in [0.2, 0.25) is 0 Å². The number of benzene rings is 1. The first-order valence-electron chi connectivity index (χ1n) is 5.18. The molecule has 2 rings (SSSR count). The number of ether oxygens (including phenoxy) is 1. The highest BCUT2D eigenvalue weighted by Gasteiger charge is 2.37. The van der Waals surface area contributed by atoms with Crippen LogP contribution in [0.5, 0.6) is 0 Å². The van der Waals surface area contributed by atoms with Crippen LogP contribution in [0.4, 0.5) is 4.79 Å². The number of halogens is 1. The van der Waals surface area contributed by atoms with Gasteiger partial charge < -0.3 is 10.1 Å². The second-order valence-electron chi connectivity index (χ2n) is 4.69. The summed E-state index contributed by atoms with van der Waals surface area (Å²) < 4.78 is 6.21. The summed E-state index contributed by atoms with van der Waals surface area (Å²) in [5.41, 5.74) is 1.04. The van der Waals surface area contributed by atoms with Crippen LogP contribution >= 0.6 is 22.6 Å². The van der Waals surface area contributed by atoms with Gasteiger partial charge in [0.05, 0.1) is 6.04 Å². The van der Waals surface area contributed by atoms with Crippen molar-refractivity contribution in [3.05, 3.63) is 33.4 Å². The molecule has 0 bridgehead atoms. The third kappa shape index (κ3) is 2.31. The van der Waals surface area contributed by atoms with E-state index >= 15 is 0 Å². The minimum absolute atomic E-state index is 0.0192. The molecule has 0 radical (unpaired) electrons. The lowest BCUT2D eigenvalue weighted by Gasteiger charge is -2.38. The Kier molecular flexibility index (Phi) is 3.10. The Morgan fingerprint density at radius 3 is 2.62 bits per heavy atom. The molecule has 1 aromatic carbocycles. The van der Waals surface area contributed by atoms with Crippen LogP contribution in [-0.4, -0.2) is 12.7 Å². The zero-order valence-electron chi connectivity index (χ0n) is 9.29. The lowest BCUT2D eigenvalue weighted by molar-refractivity contribution is 0.0387. The van der Waals surface area contributed by atoms with Crippen LogP contribution < -0.4 is 5.32 Å². The van der Waals surface area contributed by atoms with E-state index in [4.69, 9.17) is 4.74 Å². The Bertz CT molecular complexity index is 400. The number of hydrogen-bond acceptors (Lipinski definition) is 2. The molecule has 0 aromatic heterocycles. The molecule has 0 unspecified atom stereocenters. The van der Waals surface area contributed by atoms with Crippen molar-refractivity contribution in [1.82, 2.24) is 5.32 Å². The zero-order valence-corrected chi connectivity index (χ0v) is 11.4. The molecule has 0 spiro atoms. The van der Waals surface area contributed by atoms with Crippen molar-refractivity contribution >= 4 is 28.7 Å². The summed E-state index contributed by atoms with van der Waals surface area (Å²) in [6.45, 7) is 4.64. The van der Waals surface area contributed by atoms with Crippen LogP contribution in [0.2, 0.25) is 0 Å². The second-order valence-corrected chi connectivity index (χ2v) is 5.94. The van der Waals surface area contributed by atoms with Gasteiger partial charge in [0.1, 0.15) is 6.61 Å². The average molecular weight is 331 g/mol. The third-order valence-electron chi connectivity index (χ3n) is 2.82. The maximum absolute atomic E-state index is 11.3. The number of cyclic esters (lactones) is 1. The number of rotatable bonds is 1. The number of carbonyl (C=O) groups is 1. The summed E-state index contributed by atoms with van der Waals surface area (Å²) in [5, 5.41) is 2.88. The lowest BCUT2D eigenvalue weighted by atomic mass is 9.80. The summed E-state index contributed by atoms with van der Waals surface area (Å²) in [6.07, 6.45) is -0.331. The van der Waals surface area contributed by atoms with Crippen molar-refractivity contribution < 1.29 is 9.53 Å². The van der Waals surface area contributed by atoms with E-state index in [0.717, 1.165) is 5.56 Å². The second kappa shape index (κ2) is 4.24. The molecular formula is C12H14INO2. The first-order chi connectivity index (χ1) is 7.49. The minimum atomic E-state index is -0.331. The van der Waals surface area contributed by atoms with E-state index in [0.29, 0.717) is 6.61 Å². The summed E-state index contributed by atoms with van der Waals surface area (Å²) in [7, 11) is 0. The normalized spacial score (nSPS) is 23.4. The van der Waals surface area contributed by atoms with Crippen LogP contribution in [0, 0.1) is 8.99 Å². The van der Waals surface area contributed by atoms with Gasteiger partial charge in [0, 0.05) is 8.99 Å². The molecule has 4 heteroatoms. The van der Waals surface area contributed by atoms with Gasteiger partial charge in [-0.3, -0.25) is 0 Å². The summed E-state index contributed by atoms with van der Waals surface area (Å²) >= 11 is 2.27. The SMILES string of the molecule is CC1(C)COC(=O)N[C@H]1c1ccc(I)cc1. The summed E-state index contributed by atoms with van der Waals surface area (Å²) in [5.74, 6) is 0.